The molecular formula is C26H27N3O4. The molecule has 0 N–H and O–H groups in total. The van der Waals surface area contributed by atoms with Crippen molar-refractivity contribution in [2.45, 2.75) is 39.2 Å². The molecular weight excluding hydrogens is 418 g/mol. The van der Waals surface area contributed by atoms with Crippen molar-refractivity contribution in [3.8, 4) is 0 Å². The van der Waals surface area contributed by atoms with E-state index in [0.29, 0.717) is 10.8 Å². The van der Waals surface area contributed by atoms with Crippen molar-refractivity contribution < 1.29 is 14.3 Å². The Labute approximate surface area is 192 Å². The molecule has 0 saturated carbocycles. The summed E-state index contributed by atoms with van der Waals surface area (Å²) in [6.07, 6.45) is 1.54. The summed E-state index contributed by atoms with van der Waals surface area (Å²) in [5.41, 5.74) is 2.41. The third-order valence-corrected chi connectivity index (χ3v) is 6.09. The second-order valence-corrected chi connectivity index (χ2v) is 9.01. The molecule has 0 atom stereocenters. The van der Waals surface area contributed by atoms with E-state index in [2.05, 4.69) is 25.0 Å². The summed E-state index contributed by atoms with van der Waals surface area (Å²) in [5, 5.41) is 5.03. The number of fused-ring (bicyclic) bond motifs is 2. The highest BCUT2D eigenvalue weighted by Crippen LogP contribution is 2.46. The minimum absolute atomic E-state index is 0.0186. The van der Waals surface area contributed by atoms with Crippen LogP contribution in [-0.2, 0) is 14.9 Å². The Balaban J connectivity index is 1.58. The quantitative estimate of drug-likeness (QED) is 0.436. The Morgan fingerprint density at radius 1 is 1.06 bits per heavy atom. The molecule has 1 aliphatic heterocycles. The molecule has 0 unspecified atom stereocenters. The van der Waals surface area contributed by atoms with Gasteiger partial charge in [0, 0.05) is 35.3 Å². The number of carbonyl (C=O) groups excluding carboxylic acids is 2. The zero-order valence-electron chi connectivity index (χ0n) is 19.5. The zero-order valence-corrected chi connectivity index (χ0v) is 19.5. The second-order valence-electron chi connectivity index (χ2n) is 9.01. The van der Waals surface area contributed by atoms with Crippen LogP contribution in [0, 0.1) is 0 Å². The Morgan fingerprint density at radius 2 is 1.70 bits per heavy atom. The van der Waals surface area contributed by atoms with Crippen LogP contribution in [0.5, 0.6) is 0 Å². The molecule has 7 heteroatoms. The Hall–Kier alpha value is -3.74. The Kier molecular flexibility index (Phi) is 5.66. The molecule has 0 bridgehead atoms. The summed E-state index contributed by atoms with van der Waals surface area (Å²) in [6, 6.07) is 14.5. The van der Waals surface area contributed by atoms with Crippen LogP contribution in [0.3, 0.4) is 0 Å². The van der Waals surface area contributed by atoms with Crippen LogP contribution in [0.25, 0.3) is 10.8 Å². The average Bonchev–Trinajstić information content (AvgIpc) is 2.98. The Morgan fingerprint density at radius 3 is 2.36 bits per heavy atom. The lowest BCUT2D eigenvalue weighted by Gasteiger charge is -2.23. The smallest absolute Gasteiger partial charge is 0.359 e. The molecule has 0 amide bonds. The summed E-state index contributed by atoms with van der Waals surface area (Å²) in [5.74, 6) is -1.07. The first kappa shape index (κ1) is 22.5. The largest absolute Gasteiger partial charge is 0.453 e. The number of hydrogen-bond donors (Lipinski definition) is 0. The minimum Gasteiger partial charge on any atom is -0.453 e. The summed E-state index contributed by atoms with van der Waals surface area (Å²) in [7, 11) is 1.92. The third-order valence-electron chi connectivity index (χ3n) is 6.09. The van der Waals surface area contributed by atoms with E-state index in [-0.39, 0.29) is 28.5 Å². The van der Waals surface area contributed by atoms with Crippen LogP contribution in [-0.4, -0.2) is 35.2 Å². The van der Waals surface area contributed by atoms with E-state index >= 15 is 0 Å². The van der Waals surface area contributed by atoms with Crippen LogP contribution in [0.15, 0.2) is 65.1 Å². The van der Waals surface area contributed by atoms with Gasteiger partial charge in [-0.1, -0.05) is 50.2 Å². The number of benzene rings is 2. The normalized spacial score (nSPS) is 15.8. The van der Waals surface area contributed by atoms with Crippen LogP contribution in [0.4, 0.5) is 5.69 Å². The van der Waals surface area contributed by atoms with Crippen LogP contribution in [0.1, 0.15) is 49.8 Å². The van der Waals surface area contributed by atoms with E-state index in [0.717, 1.165) is 16.9 Å². The molecule has 2 heterocycles. The number of hydrogen-bond acceptors (Lipinski definition) is 6. The molecule has 0 fully saturated rings. The third kappa shape index (κ3) is 3.84. The fraction of sp³-hybridized carbons (Fsp3) is 0.308. The molecule has 1 aromatic heterocycles. The highest BCUT2D eigenvalue weighted by atomic mass is 16.5. The summed E-state index contributed by atoms with van der Waals surface area (Å²) in [6.45, 7) is 7.33. The topological polar surface area (TPSA) is 81.5 Å². The first-order valence-electron chi connectivity index (χ1n) is 10.9. The fourth-order valence-electron chi connectivity index (χ4n) is 4.37. The van der Waals surface area contributed by atoms with Crippen molar-refractivity contribution in [3.05, 3.63) is 81.9 Å². The lowest BCUT2D eigenvalue weighted by atomic mass is 9.83. The molecule has 2 aromatic carbocycles. The second kappa shape index (κ2) is 8.31. The number of ketones is 1. The highest BCUT2D eigenvalue weighted by molar-refractivity contribution is 6.03. The molecule has 4 rings (SSSR count). The minimum atomic E-state index is -0.741. The zero-order chi connectivity index (χ0) is 23.9. The van der Waals surface area contributed by atoms with E-state index in [9.17, 15) is 14.4 Å². The predicted molar refractivity (Wildman–Crippen MR) is 128 cm³/mol. The lowest BCUT2D eigenvalue weighted by molar-refractivity contribution is -0.117. The van der Waals surface area contributed by atoms with Crippen LogP contribution in [0.2, 0.25) is 0 Å². The van der Waals surface area contributed by atoms with Gasteiger partial charge in [-0.15, -0.1) is 0 Å². The SMILES string of the molecule is CC(C)n1nc(C(=O)OCC(=O)/C=C2/N(C)c3ccccc3C2(C)C)c2ccccc2c1=O. The molecule has 3 aromatic rings. The highest BCUT2D eigenvalue weighted by Gasteiger charge is 2.38. The van der Waals surface area contributed by atoms with Gasteiger partial charge in [0.05, 0.1) is 11.4 Å². The molecule has 0 aliphatic carbocycles. The maximum Gasteiger partial charge on any atom is 0.359 e. The predicted octanol–water partition coefficient (Wildman–Crippen LogP) is 4.01. The van der Waals surface area contributed by atoms with Gasteiger partial charge >= 0.3 is 5.97 Å². The van der Waals surface area contributed by atoms with Crippen molar-refractivity contribution in [3.63, 3.8) is 0 Å². The molecule has 170 valence electrons. The molecule has 0 spiro atoms. The number of likely N-dealkylation sites (N-methyl/N-ethyl adjacent to an activating group) is 1. The van der Waals surface area contributed by atoms with Crippen molar-refractivity contribution in [2.24, 2.45) is 0 Å². The van der Waals surface area contributed by atoms with Crippen molar-refractivity contribution in [2.75, 3.05) is 18.6 Å². The number of anilines is 1. The molecule has 1 aliphatic rings. The number of aromatic nitrogens is 2. The number of nitrogens with zero attached hydrogens (tertiary/aromatic N) is 3. The number of para-hydroxylation sites is 1. The fourth-order valence-corrected chi connectivity index (χ4v) is 4.37. The Bertz CT molecular complexity index is 1350. The van der Waals surface area contributed by atoms with Gasteiger partial charge in [0.25, 0.3) is 5.56 Å². The first-order chi connectivity index (χ1) is 15.6. The van der Waals surface area contributed by atoms with Gasteiger partial charge in [-0.3, -0.25) is 9.59 Å². The van der Waals surface area contributed by atoms with Crippen LogP contribution >= 0.6 is 0 Å². The van der Waals surface area contributed by atoms with E-state index in [4.69, 9.17) is 4.74 Å². The van der Waals surface area contributed by atoms with Gasteiger partial charge in [0.2, 0.25) is 0 Å². The van der Waals surface area contributed by atoms with E-state index in [1.165, 1.54) is 10.8 Å². The first-order valence-corrected chi connectivity index (χ1v) is 10.9. The van der Waals surface area contributed by atoms with Gasteiger partial charge in [-0.25, -0.2) is 9.48 Å². The number of allylic oxidation sites excluding steroid dienone is 1. The van der Waals surface area contributed by atoms with Crippen LogP contribution < -0.4 is 10.5 Å². The van der Waals surface area contributed by atoms with Gasteiger partial charge < -0.3 is 9.64 Å². The average molecular weight is 446 g/mol. The maximum atomic E-state index is 12.9. The molecule has 7 nitrogen and oxygen atoms in total. The van der Waals surface area contributed by atoms with E-state index < -0.39 is 12.6 Å². The number of rotatable bonds is 5. The maximum absolute atomic E-state index is 12.9. The van der Waals surface area contributed by atoms with Crippen molar-refractivity contribution in [1.29, 1.82) is 0 Å². The van der Waals surface area contributed by atoms with E-state index in [1.54, 1.807) is 24.3 Å². The molecule has 0 saturated heterocycles. The van der Waals surface area contributed by atoms with Crippen molar-refractivity contribution >= 4 is 28.2 Å². The summed E-state index contributed by atoms with van der Waals surface area (Å²) in [4.78, 5) is 40.3. The number of ether oxygens (including phenoxy) is 1. The monoisotopic (exact) mass is 445 g/mol. The van der Waals surface area contributed by atoms with Crippen molar-refractivity contribution in [1.82, 2.24) is 9.78 Å². The number of carbonyl (C=O) groups is 2. The molecule has 33 heavy (non-hydrogen) atoms. The van der Waals surface area contributed by atoms with E-state index in [1.807, 2.05) is 44.0 Å². The van der Waals surface area contributed by atoms with Gasteiger partial charge in [-0.05, 0) is 31.5 Å². The summed E-state index contributed by atoms with van der Waals surface area (Å²) < 4.78 is 6.59. The summed E-state index contributed by atoms with van der Waals surface area (Å²) >= 11 is 0. The molecule has 0 radical (unpaired) electrons. The standard InChI is InChI=1S/C26H27N3O4/c1-16(2)29-24(31)19-11-7-6-10-18(19)23(27-29)25(32)33-15-17(30)14-22-26(3,4)20-12-8-9-13-21(20)28(22)5/h6-14,16H,15H2,1-5H3/b22-14+. The lowest BCUT2D eigenvalue weighted by Crippen LogP contribution is -2.28. The van der Waals surface area contributed by atoms with Gasteiger partial charge in [0.1, 0.15) is 0 Å². The number of esters is 1. The van der Waals surface area contributed by atoms with Gasteiger partial charge in [-0.2, -0.15) is 5.10 Å². The van der Waals surface area contributed by atoms with Gasteiger partial charge in [0.15, 0.2) is 18.1 Å².